The SMILES string of the molecule is CCC(=O)Nc1ccc2c(c1)C(=O)N(C)C[C@@H](OC)[C@H](C)CN(C(=O)c1ccccn1)[C@H](C)CO2. The van der Waals surface area contributed by atoms with Gasteiger partial charge in [0.15, 0.2) is 0 Å². The van der Waals surface area contributed by atoms with Crippen molar-refractivity contribution >= 4 is 23.4 Å². The zero-order chi connectivity index (χ0) is 25.5. The van der Waals surface area contributed by atoms with E-state index in [1.807, 2.05) is 13.8 Å². The van der Waals surface area contributed by atoms with E-state index in [2.05, 4.69) is 10.3 Å². The second-order valence-electron chi connectivity index (χ2n) is 8.88. The van der Waals surface area contributed by atoms with Crippen molar-refractivity contribution in [2.45, 2.75) is 39.3 Å². The molecule has 1 N–H and O–H groups in total. The molecule has 0 bridgehead atoms. The molecule has 1 aliphatic heterocycles. The number of methoxy groups -OCH3 is 1. The second kappa shape index (κ2) is 11.8. The number of anilines is 1. The summed E-state index contributed by atoms with van der Waals surface area (Å²) in [5.41, 5.74) is 1.21. The Hall–Kier alpha value is -3.46. The van der Waals surface area contributed by atoms with Crippen molar-refractivity contribution < 1.29 is 23.9 Å². The Balaban J connectivity index is 1.98. The van der Waals surface area contributed by atoms with E-state index in [9.17, 15) is 14.4 Å². The molecule has 1 aromatic carbocycles. The van der Waals surface area contributed by atoms with Crippen molar-refractivity contribution in [2.24, 2.45) is 5.92 Å². The van der Waals surface area contributed by atoms with Crippen LogP contribution in [0.25, 0.3) is 0 Å². The van der Waals surface area contributed by atoms with E-state index in [4.69, 9.17) is 9.47 Å². The molecule has 0 saturated carbocycles. The molecule has 0 spiro atoms. The minimum Gasteiger partial charge on any atom is -0.491 e. The van der Waals surface area contributed by atoms with Crippen molar-refractivity contribution in [1.82, 2.24) is 14.8 Å². The maximum atomic E-state index is 13.4. The lowest BCUT2D eigenvalue weighted by Crippen LogP contribution is -2.48. The first kappa shape index (κ1) is 26.2. The maximum absolute atomic E-state index is 13.4. The Labute approximate surface area is 206 Å². The van der Waals surface area contributed by atoms with Crippen LogP contribution < -0.4 is 10.1 Å². The number of aromatic nitrogens is 1. The summed E-state index contributed by atoms with van der Waals surface area (Å²) in [5, 5.41) is 2.79. The van der Waals surface area contributed by atoms with Gasteiger partial charge in [0.05, 0.1) is 17.7 Å². The zero-order valence-corrected chi connectivity index (χ0v) is 21.0. The van der Waals surface area contributed by atoms with E-state index >= 15 is 0 Å². The number of fused-ring (bicyclic) bond motifs is 1. The molecule has 3 atom stereocenters. The number of carbonyl (C=O) groups is 3. The number of rotatable bonds is 4. The molecule has 3 amide bonds. The summed E-state index contributed by atoms with van der Waals surface area (Å²) in [6.07, 6.45) is 1.62. The summed E-state index contributed by atoms with van der Waals surface area (Å²) >= 11 is 0. The number of ether oxygens (including phenoxy) is 2. The molecule has 1 aromatic heterocycles. The van der Waals surface area contributed by atoms with Crippen LogP contribution in [-0.4, -0.2) is 78.5 Å². The average Bonchev–Trinajstić information content (AvgIpc) is 2.88. The molecule has 9 nitrogen and oxygen atoms in total. The summed E-state index contributed by atoms with van der Waals surface area (Å²) in [6, 6.07) is 9.94. The topological polar surface area (TPSA) is 101 Å². The Morgan fingerprint density at radius 1 is 1.20 bits per heavy atom. The molecule has 2 heterocycles. The highest BCUT2D eigenvalue weighted by Gasteiger charge is 2.31. The van der Waals surface area contributed by atoms with Gasteiger partial charge >= 0.3 is 0 Å². The molecule has 2 aromatic rings. The van der Waals surface area contributed by atoms with Crippen LogP contribution in [0.15, 0.2) is 42.6 Å². The maximum Gasteiger partial charge on any atom is 0.272 e. The molecule has 0 saturated heterocycles. The monoisotopic (exact) mass is 482 g/mol. The lowest BCUT2D eigenvalue weighted by molar-refractivity contribution is -0.115. The van der Waals surface area contributed by atoms with E-state index in [1.54, 1.807) is 73.5 Å². The van der Waals surface area contributed by atoms with Gasteiger partial charge in [-0.05, 0) is 37.3 Å². The number of benzene rings is 1. The van der Waals surface area contributed by atoms with Crippen molar-refractivity contribution in [1.29, 1.82) is 0 Å². The van der Waals surface area contributed by atoms with Crippen LogP contribution in [0, 0.1) is 5.92 Å². The number of nitrogens with one attached hydrogen (secondary N) is 1. The molecule has 3 rings (SSSR count). The van der Waals surface area contributed by atoms with Gasteiger partial charge in [-0.15, -0.1) is 0 Å². The summed E-state index contributed by atoms with van der Waals surface area (Å²) in [7, 11) is 3.31. The normalized spacial score (nSPS) is 21.3. The number of amides is 3. The molecular weight excluding hydrogens is 448 g/mol. The summed E-state index contributed by atoms with van der Waals surface area (Å²) in [5.74, 6) is -0.264. The zero-order valence-electron chi connectivity index (χ0n) is 21.0. The minimum absolute atomic E-state index is 0.0700. The Bertz CT molecular complexity index is 1050. The molecular formula is C26H34N4O5. The smallest absolute Gasteiger partial charge is 0.272 e. The Morgan fingerprint density at radius 2 is 1.97 bits per heavy atom. The fraction of sp³-hybridized carbons (Fsp3) is 0.462. The Kier molecular flexibility index (Phi) is 8.81. The van der Waals surface area contributed by atoms with Crippen molar-refractivity contribution in [3.8, 4) is 5.75 Å². The fourth-order valence-electron chi connectivity index (χ4n) is 4.02. The molecule has 0 aliphatic carbocycles. The van der Waals surface area contributed by atoms with Gasteiger partial charge in [0.1, 0.15) is 18.1 Å². The minimum atomic E-state index is -0.304. The summed E-state index contributed by atoms with van der Waals surface area (Å²) in [4.78, 5) is 46.2. The van der Waals surface area contributed by atoms with Gasteiger partial charge in [-0.1, -0.05) is 19.9 Å². The van der Waals surface area contributed by atoms with Crippen LogP contribution in [-0.2, 0) is 9.53 Å². The van der Waals surface area contributed by atoms with E-state index in [0.29, 0.717) is 42.2 Å². The van der Waals surface area contributed by atoms with Crippen LogP contribution in [0.5, 0.6) is 5.75 Å². The van der Waals surface area contributed by atoms with E-state index in [0.717, 1.165) is 0 Å². The number of pyridine rings is 1. The molecule has 35 heavy (non-hydrogen) atoms. The number of likely N-dealkylation sites (N-methyl/N-ethyl adjacent to an activating group) is 1. The molecule has 1 aliphatic rings. The first-order valence-electron chi connectivity index (χ1n) is 11.8. The van der Waals surface area contributed by atoms with Crippen LogP contribution >= 0.6 is 0 Å². The Morgan fingerprint density at radius 3 is 2.63 bits per heavy atom. The first-order chi connectivity index (χ1) is 16.7. The van der Waals surface area contributed by atoms with Gasteiger partial charge in [-0.3, -0.25) is 19.4 Å². The van der Waals surface area contributed by atoms with Crippen LogP contribution in [0.1, 0.15) is 48.0 Å². The summed E-state index contributed by atoms with van der Waals surface area (Å²) < 4.78 is 11.8. The summed E-state index contributed by atoms with van der Waals surface area (Å²) in [6.45, 7) is 6.57. The van der Waals surface area contributed by atoms with E-state index < -0.39 is 0 Å². The average molecular weight is 483 g/mol. The third-order valence-electron chi connectivity index (χ3n) is 6.19. The number of nitrogens with zero attached hydrogens (tertiary/aromatic N) is 3. The van der Waals surface area contributed by atoms with Crippen molar-refractivity contribution in [2.75, 3.05) is 39.2 Å². The molecule has 0 unspecified atom stereocenters. The third kappa shape index (κ3) is 6.36. The van der Waals surface area contributed by atoms with Crippen LogP contribution in [0.2, 0.25) is 0 Å². The molecule has 188 valence electrons. The quantitative estimate of drug-likeness (QED) is 0.719. The lowest BCUT2D eigenvalue weighted by Gasteiger charge is -2.36. The number of hydrogen-bond acceptors (Lipinski definition) is 6. The first-order valence-corrected chi connectivity index (χ1v) is 11.8. The van der Waals surface area contributed by atoms with Gasteiger partial charge in [0.25, 0.3) is 11.8 Å². The second-order valence-corrected chi connectivity index (χ2v) is 8.88. The van der Waals surface area contributed by atoms with Gasteiger partial charge in [0, 0.05) is 51.5 Å². The number of hydrogen-bond donors (Lipinski definition) is 1. The lowest BCUT2D eigenvalue weighted by atomic mass is 10.0. The highest BCUT2D eigenvalue weighted by atomic mass is 16.5. The largest absolute Gasteiger partial charge is 0.491 e. The third-order valence-corrected chi connectivity index (χ3v) is 6.19. The van der Waals surface area contributed by atoms with Crippen molar-refractivity contribution in [3.63, 3.8) is 0 Å². The highest BCUT2D eigenvalue weighted by Crippen LogP contribution is 2.27. The molecule has 9 heteroatoms. The van der Waals surface area contributed by atoms with Gasteiger partial charge in [-0.2, -0.15) is 0 Å². The van der Waals surface area contributed by atoms with Crippen LogP contribution in [0.3, 0.4) is 0 Å². The molecule has 0 fully saturated rings. The van der Waals surface area contributed by atoms with Crippen molar-refractivity contribution in [3.05, 3.63) is 53.9 Å². The fourth-order valence-corrected chi connectivity index (χ4v) is 4.02. The highest BCUT2D eigenvalue weighted by molar-refractivity contribution is 5.99. The standard InChI is InChI=1S/C26H34N4O5/c1-6-24(31)28-19-10-11-22-20(13-19)25(32)29(4)15-23(34-5)17(2)14-30(18(3)16-35-22)26(33)21-9-7-8-12-27-21/h7-13,17-18,23H,6,14-16H2,1-5H3,(H,28,31)/t17-,18-,23-/m1/s1. The predicted molar refractivity (Wildman–Crippen MR) is 133 cm³/mol. The van der Waals surface area contributed by atoms with Gasteiger partial charge in [-0.25, -0.2) is 0 Å². The van der Waals surface area contributed by atoms with E-state index in [1.165, 1.54) is 0 Å². The van der Waals surface area contributed by atoms with Gasteiger partial charge in [0.2, 0.25) is 5.91 Å². The molecule has 0 radical (unpaired) electrons. The predicted octanol–water partition coefficient (Wildman–Crippen LogP) is 3.08. The number of carbonyl (C=O) groups excluding carboxylic acids is 3. The van der Waals surface area contributed by atoms with Gasteiger partial charge < -0.3 is 24.6 Å². The van der Waals surface area contributed by atoms with E-state index in [-0.39, 0.29) is 42.4 Å². The van der Waals surface area contributed by atoms with Crippen LogP contribution in [0.4, 0.5) is 5.69 Å².